The summed E-state index contributed by atoms with van der Waals surface area (Å²) >= 11 is 0. The third kappa shape index (κ3) is 2.19. The topological polar surface area (TPSA) is 67.1 Å². The molecule has 24 heavy (non-hydrogen) atoms. The van der Waals surface area contributed by atoms with Gasteiger partial charge in [0.25, 0.3) is 0 Å². The van der Waals surface area contributed by atoms with Crippen molar-refractivity contribution in [1.29, 1.82) is 0 Å². The van der Waals surface area contributed by atoms with Crippen molar-refractivity contribution in [1.82, 2.24) is 4.58 Å². The van der Waals surface area contributed by atoms with Crippen molar-refractivity contribution in [3.05, 3.63) is 71.5 Å². The largest absolute Gasteiger partial charge is 0.398 e. The Morgan fingerprint density at radius 2 is 1.79 bits per heavy atom. The summed E-state index contributed by atoms with van der Waals surface area (Å²) in [6.45, 7) is 4.07. The number of fused-ring (bicyclic) bond motifs is 2. The maximum atomic E-state index is 6.19. The number of nitrogens with two attached hydrogens (primary N) is 2. The Hall–Kier alpha value is -3.01. The highest BCUT2D eigenvalue weighted by molar-refractivity contribution is 6.10. The van der Waals surface area contributed by atoms with E-state index in [0.717, 1.165) is 45.3 Å². The predicted octanol–water partition coefficient (Wildman–Crippen LogP) is 3.45. The molecule has 2 aromatic carbocycles. The Bertz CT molecular complexity index is 920. The molecule has 4 heteroatoms. The van der Waals surface area contributed by atoms with Crippen molar-refractivity contribution in [2.75, 3.05) is 11.1 Å². The van der Waals surface area contributed by atoms with E-state index in [4.69, 9.17) is 11.5 Å². The number of nitrogen functional groups attached to an aromatic ring is 1. The molecule has 1 unspecified atom stereocenters. The quantitative estimate of drug-likeness (QED) is 0.557. The van der Waals surface area contributed by atoms with E-state index in [-0.39, 0.29) is 6.04 Å². The molecule has 5 N–H and O–H groups in total. The van der Waals surface area contributed by atoms with E-state index in [0.29, 0.717) is 0 Å². The highest BCUT2D eigenvalue weighted by Crippen LogP contribution is 2.37. The Labute approximate surface area is 141 Å². The number of benzene rings is 2. The van der Waals surface area contributed by atoms with Gasteiger partial charge in [0.05, 0.1) is 0 Å². The standard InChI is InChI=1S/C20H20N4/c1-12-8-17-19(10-15(12)21)24(14-6-4-3-5-7-14)20-11-16(22)13(2)9-18(20)23-17/h3-11,17,21,23H,22H2,1-2H3/p+1. The molecule has 120 valence electrons. The SMILES string of the molecule is CC1=CC2Nc3cc(C)c(N)cc3[N+](c3ccccc3)=C2C=C1N. The molecular weight excluding hydrogens is 296 g/mol. The summed E-state index contributed by atoms with van der Waals surface area (Å²) in [6.07, 6.45) is 4.23. The van der Waals surface area contributed by atoms with Crippen LogP contribution in [0.2, 0.25) is 0 Å². The summed E-state index contributed by atoms with van der Waals surface area (Å²) < 4.78 is 2.24. The smallest absolute Gasteiger partial charge is 0.236 e. The molecule has 1 heterocycles. The average molecular weight is 317 g/mol. The van der Waals surface area contributed by atoms with Crippen molar-refractivity contribution in [2.45, 2.75) is 19.9 Å². The van der Waals surface area contributed by atoms with Crippen molar-refractivity contribution >= 4 is 28.5 Å². The van der Waals surface area contributed by atoms with Gasteiger partial charge >= 0.3 is 0 Å². The van der Waals surface area contributed by atoms with Crippen molar-refractivity contribution in [2.24, 2.45) is 5.73 Å². The second-order valence-corrected chi connectivity index (χ2v) is 6.39. The van der Waals surface area contributed by atoms with Gasteiger partial charge in [-0.05, 0) is 37.1 Å². The van der Waals surface area contributed by atoms with Crippen LogP contribution in [0.1, 0.15) is 12.5 Å². The molecule has 2 aromatic rings. The molecule has 0 saturated heterocycles. The molecule has 1 atom stereocenters. The summed E-state index contributed by atoms with van der Waals surface area (Å²) in [5.74, 6) is 0. The van der Waals surface area contributed by atoms with Gasteiger partial charge in [0, 0.05) is 35.7 Å². The van der Waals surface area contributed by atoms with Crippen molar-refractivity contribution < 1.29 is 0 Å². The monoisotopic (exact) mass is 317 g/mol. The molecule has 1 aliphatic heterocycles. The van der Waals surface area contributed by atoms with E-state index in [1.165, 1.54) is 0 Å². The van der Waals surface area contributed by atoms with Gasteiger partial charge in [-0.25, -0.2) is 0 Å². The van der Waals surface area contributed by atoms with Crippen molar-refractivity contribution in [3.63, 3.8) is 0 Å². The first-order valence-corrected chi connectivity index (χ1v) is 8.09. The molecule has 0 aromatic heterocycles. The van der Waals surface area contributed by atoms with E-state index in [9.17, 15) is 0 Å². The lowest BCUT2D eigenvalue weighted by atomic mass is 9.95. The number of hydrogen-bond acceptors (Lipinski definition) is 3. The molecule has 4 nitrogen and oxygen atoms in total. The first kappa shape index (κ1) is 14.6. The van der Waals surface area contributed by atoms with Crippen LogP contribution in [-0.4, -0.2) is 11.8 Å². The minimum Gasteiger partial charge on any atom is -0.398 e. The van der Waals surface area contributed by atoms with E-state index in [2.05, 4.69) is 40.2 Å². The first-order chi connectivity index (χ1) is 11.5. The van der Waals surface area contributed by atoms with Gasteiger partial charge in [0.15, 0.2) is 0 Å². The van der Waals surface area contributed by atoms with Gasteiger partial charge in [0.1, 0.15) is 11.7 Å². The van der Waals surface area contributed by atoms with Gasteiger partial charge in [0.2, 0.25) is 17.1 Å². The van der Waals surface area contributed by atoms with E-state index in [1.54, 1.807) is 0 Å². The molecule has 0 saturated carbocycles. The average Bonchev–Trinajstić information content (AvgIpc) is 2.57. The number of nitrogens with zero attached hydrogens (tertiary/aromatic N) is 1. The van der Waals surface area contributed by atoms with Crippen LogP contribution in [-0.2, 0) is 0 Å². The Morgan fingerprint density at radius 1 is 1.04 bits per heavy atom. The second kappa shape index (κ2) is 5.27. The molecule has 0 amide bonds. The fourth-order valence-corrected chi connectivity index (χ4v) is 3.30. The number of nitrogens with one attached hydrogen (secondary N) is 1. The number of allylic oxidation sites excluding steroid dienone is 1. The van der Waals surface area contributed by atoms with E-state index in [1.807, 2.05) is 38.1 Å². The van der Waals surface area contributed by atoms with E-state index >= 15 is 0 Å². The van der Waals surface area contributed by atoms with Gasteiger partial charge in [-0.2, -0.15) is 4.58 Å². The van der Waals surface area contributed by atoms with Gasteiger partial charge in [-0.3, -0.25) is 0 Å². The zero-order valence-corrected chi connectivity index (χ0v) is 13.9. The van der Waals surface area contributed by atoms with Gasteiger partial charge < -0.3 is 16.8 Å². The number of hydrogen-bond donors (Lipinski definition) is 3. The van der Waals surface area contributed by atoms with Crippen LogP contribution in [0.25, 0.3) is 0 Å². The summed E-state index contributed by atoms with van der Waals surface area (Å²) in [6, 6.07) is 14.5. The maximum absolute atomic E-state index is 6.19. The normalized spacial score (nSPS) is 19.0. The van der Waals surface area contributed by atoms with Crippen LogP contribution in [0.3, 0.4) is 0 Å². The molecule has 0 bridgehead atoms. The third-order valence-electron chi connectivity index (χ3n) is 4.70. The second-order valence-electron chi connectivity index (χ2n) is 6.39. The van der Waals surface area contributed by atoms with Crippen LogP contribution >= 0.6 is 0 Å². The third-order valence-corrected chi connectivity index (χ3v) is 4.70. The van der Waals surface area contributed by atoms with Crippen LogP contribution in [0.5, 0.6) is 0 Å². The number of para-hydroxylation sites is 1. The molecule has 2 aliphatic rings. The highest BCUT2D eigenvalue weighted by atomic mass is 15.1. The minimum atomic E-state index is 0.0908. The van der Waals surface area contributed by atoms with Crippen LogP contribution < -0.4 is 21.4 Å². The Balaban J connectivity index is 2.04. The molecule has 0 spiro atoms. The summed E-state index contributed by atoms with van der Waals surface area (Å²) in [7, 11) is 0. The predicted molar refractivity (Wildman–Crippen MR) is 102 cm³/mol. The zero-order valence-electron chi connectivity index (χ0n) is 13.9. The summed E-state index contributed by atoms with van der Waals surface area (Å²) in [4.78, 5) is 0. The lowest BCUT2D eigenvalue weighted by molar-refractivity contribution is 0.970. The van der Waals surface area contributed by atoms with Crippen LogP contribution in [0.15, 0.2) is 65.9 Å². The number of rotatable bonds is 1. The van der Waals surface area contributed by atoms with Crippen LogP contribution in [0.4, 0.5) is 22.7 Å². The minimum absolute atomic E-state index is 0.0908. The molecule has 1 aliphatic carbocycles. The summed E-state index contributed by atoms with van der Waals surface area (Å²) in [5, 5.41) is 3.61. The molecular formula is C20H21N4+. The lowest BCUT2D eigenvalue weighted by Gasteiger charge is -2.27. The van der Waals surface area contributed by atoms with Gasteiger partial charge in [-0.1, -0.05) is 18.2 Å². The van der Waals surface area contributed by atoms with Crippen molar-refractivity contribution in [3.8, 4) is 0 Å². The molecule has 0 fully saturated rings. The number of anilines is 2. The van der Waals surface area contributed by atoms with Gasteiger partial charge in [-0.15, -0.1) is 0 Å². The fourth-order valence-electron chi connectivity index (χ4n) is 3.30. The van der Waals surface area contributed by atoms with Crippen LogP contribution in [0, 0.1) is 6.92 Å². The maximum Gasteiger partial charge on any atom is 0.236 e. The highest BCUT2D eigenvalue weighted by Gasteiger charge is 2.35. The Morgan fingerprint density at radius 3 is 2.54 bits per heavy atom. The van der Waals surface area contributed by atoms with E-state index < -0.39 is 0 Å². The fraction of sp³-hybridized carbons (Fsp3) is 0.150. The molecule has 0 radical (unpaired) electrons. The molecule has 4 rings (SSSR count). The lowest BCUT2D eigenvalue weighted by Crippen LogP contribution is -2.40. The number of aryl methyl sites for hydroxylation is 1. The Kier molecular flexibility index (Phi) is 3.20. The first-order valence-electron chi connectivity index (χ1n) is 8.09. The zero-order chi connectivity index (χ0) is 16.8. The summed E-state index contributed by atoms with van der Waals surface area (Å²) in [5.41, 5.74) is 20.5.